The van der Waals surface area contributed by atoms with Crippen LogP contribution in [0.4, 0.5) is 5.69 Å². The average Bonchev–Trinajstić information content (AvgIpc) is 2.73. The Balaban J connectivity index is 1.94. The maximum absolute atomic E-state index is 13.5. The van der Waals surface area contributed by atoms with E-state index in [2.05, 4.69) is 5.32 Å². The number of hydrogen-bond acceptors (Lipinski definition) is 10. The maximum atomic E-state index is 13.5. The van der Waals surface area contributed by atoms with Crippen LogP contribution in [0.15, 0.2) is 29.0 Å². The Morgan fingerprint density at radius 3 is 2.53 bits per heavy atom. The molecule has 10 N–H and O–H groups in total. The third kappa shape index (κ3) is 2.75. The van der Waals surface area contributed by atoms with Crippen molar-refractivity contribution < 1.29 is 39.9 Å². The molecule has 11 nitrogen and oxygen atoms in total. The Morgan fingerprint density at radius 1 is 1.22 bits per heavy atom. The van der Waals surface area contributed by atoms with Crippen LogP contribution in [0.5, 0.6) is 5.75 Å². The normalized spacial score (nSPS) is 29.5. The van der Waals surface area contributed by atoms with Crippen LogP contribution in [0.3, 0.4) is 0 Å². The first kappa shape index (κ1) is 21.8. The number of primary amides is 1. The van der Waals surface area contributed by atoms with Crippen molar-refractivity contribution in [3.63, 3.8) is 0 Å². The van der Waals surface area contributed by atoms with Crippen LogP contribution in [0, 0.1) is 11.8 Å². The number of nitrogen functional groups attached to an aromatic ring is 1. The smallest absolute Gasteiger partial charge is 0.255 e. The van der Waals surface area contributed by atoms with Gasteiger partial charge in [0.1, 0.15) is 22.8 Å². The highest BCUT2D eigenvalue weighted by atomic mass is 16.3. The summed E-state index contributed by atoms with van der Waals surface area (Å²) < 4.78 is 0. The molecule has 1 aromatic rings. The molecule has 0 aliphatic heterocycles. The van der Waals surface area contributed by atoms with Gasteiger partial charge in [-0.3, -0.25) is 14.4 Å². The van der Waals surface area contributed by atoms with E-state index in [1.54, 1.807) is 0 Å². The Bertz CT molecular complexity index is 1120. The van der Waals surface area contributed by atoms with E-state index in [9.17, 15) is 39.9 Å². The first-order chi connectivity index (χ1) is 15.0. The molecular formula is C21H23N3O8. The molecule has 4 atom stereocenters. The molecule has 1 saturated carbocycles. The first-order valence-electron chi connectivity index (χ1n) is 9.98. The van der Waals surface area contributed by atoms with Crippen LogP contribution < -0.4 is 16.8 Å². The number of carbonyl (C=O) groups is 3. The van der Waals surface area contributed by atoms with E-state index in [0.717, 1.165) is 0 Å². The van der Waals surface area contributed by atoms with E-state index >= 15 is 0 Å². The summed E-state index contributed by atoms with van der Waals surface area (Å²) in [6.07, 6.45) is 0.0719. The number of anilines is 1. The molecule has 32 heavy (non-hydrogen) atoms. The van der Waals surface area contributed by atoms with Crippen molar-refractivity contribution >= 4 is 28.9 Å². The lowest BCUT2D eigenvalue weighted by molar-refractivity contribution is -0.150. The fourth-order valence-corrected chi connectivity index (χ4v) is 5.16. The van der Waals surface area contributed by atoms with Crippen LogP contribution in [-0.2, 0) is 20.8 Å². The quantitative estimate of drug-likeness (QED) is 0.153. The van der Waals surface area contributed by atoms with Crippen molar-refractivity contribution in [2.24, 2.45) is 17.6 Å². The highest BCUT2D eigenvalue weighted by Gasteiger charge is 2.63. The van der Waals surface area contributed by atoms with Gasteiger partial charge in [0.15, 0.2) is 11.4 Å². The van der Waals surface area contributed by atoms with Gasteiger partial charge in [0.05, 0.1) is 18.2 Å². The molecule has 0 spiro atoms. The number of rotatable bonds is 4. The molecule has 0 aromatic heterocycles. The van der Waals surface area contributed by atoms with Crippen LogP contribution in [0.2, 0.25) is 0 Å². The summed E-state index contributed by atoms with van der Waals surface area (Å²) >= 11 is 0. The highest BCUT2D eigenvalue weighted by Crippen LogP contribution is 2.52. The van der Waals surface area contributed by atoms with Gasteiger partial charge in [0.25, 0.3) is 5.91 Å². The summed E-state index contributed by atoms with van der Waals surface area (Å²) in [5.41, 5.74) is 7.99. The van der Waals surface area contributed by atoms with Crippen LogP contribution in [0.1, 0.15) is 17.5 Å². The number of phenolic OH excluding ortho intramolecular Hbond substituents is 1. The lowest BCUT2D eigenvalue weighted by atomic mass is 9.57. The van der Waals surface area contributed by atoms with E-state index in [1.165, 1.54) is 12.1 Å². The SMILES string of the molecule is NC(=O)C1=C(O)[C@@]2(O)C(=O)C3=C(O)c4c(O)ccc(N)c4C[C@H]3C[C@H]2[C@@H](NCCO)C1=O. The first-order valence-corrected chi connectivity index (χ1v) is 9.98. The largest absolute Gasteiger partial charge is 0.508 e. The summed E-state index contributed by atoms with van der Waals surface area (Å²) in [6.45, 7) is -0.463. The van der Waals surface area contributed by atoms with Crippen LogP contribution >= 0.6 is 0 Å². The molecule has 1 aromatic carbocycles. The van der Waals surface area contributed by atoms with E-state index in [4.69, 9.17) is 11.5 Å². The van der Waals surface area contributed by atoms with Gasteiger partial charge in [-0.15, -0.1) is 0 Å². The second kappa shape index (κ2) is 7.33. The highest BCUT2D eigenvalue weighted by molar-refractivity contribution is 6.24. The van der Waals surface area contributed by atoms with E-state index in [-0.39, 0.29) is 48.6 Å². The molecule has 0 bridgehead atoms. The minimum absolute atomic E-state index is 0.0490. The van der Waals surface area contributed by atoms with Crippen molar-refractivity contribution in [1.29, 1.82) is 0 Å². The Morgan fingerprint density at radius 2 is 1.91 bits per heavy atom. The number of fused-ring (bicyclic) bond motifs is 3. The van der Waals surface area contributed by atoms with Crippen molar-refractivity contribution in [3.8, 4) is 5.75 Å². The van der Waals surface area contributed by atoms with Gasteiger partial charge in [-0.25, -0.2) is 0 Å². The third-order valence-electron chi connectivity index (χ3n) is 6.60. The van der Waals surface area contributed by atoms with E-state index in [1.807, 2.05) is 0 Å². The number of amides is 1. The molecule has 3 aliphatic rings. The van der Waals surface area contributed by atoms with Gasteiger partial charge in [0, 0.05) is 23.7 Å². The topological polar surface area (TPSA) is 216 Å². The van der Waals surface area contributed by atoms with Crippen molar-refractivity contribution in [3.05, 3.63) is 40.2 Å². The predicted molar refractivity (Wildman–Crippen MR) is 110 cm³/mol. The van der Waals surface area contributed by atoms with Gasteiger partial charge in [-0.05, 0) is 36.5 Å². The molecule has 1 fully saturated rings. The Labute approximate surface area is 181 Å². The fraction of sp³-hybridized carbons (Fsp3) is 0.381. The molecule has 170 valence electrons. The summed E-state index contributed by atoms with van der Waals surface area (Å²) in [5, 5.41) is 55.1. The molecule has 11 heteroatoms. The monoisotopic (exact) mass is 445 g/mol. The molecular weight excluding hydrogens is 422 g/mol. The fourth-order valence-electron chi connectivity index (χ4n) is 5.16. The van der Waals surface area contributed by atoms with Crippen molar-refractivity contribution in [2.45, 2.75) is 24.5 Å². The summed E-state index contributed by atoms with van der Waals surface area (Å²) in [5.74, 6) is -7.35. The molecule has 0 unspecified atom stereocenters. The molecule has 3 aliphatic carbocycles. The van der Waals surface area contributed by atoms with Gasteiger partial charge < -0.3 is 42.3 Å². The number of benzene rings is 1. The Kier molecular flexibility index (Phi) is 4.99. The number of aliphatic hydroxyl groups excluding tert-OH is 3. The zero-order valence-electron chi connectivity index (χ0n) is 16.8. The number of nitrogens with one attached hydrogen (secondary N) is 1. The number of phenols is 1. The lowest BCUT2D eigenvalue weighted by Crippen LogP contribution is -2.66. The molecule has 0 saturated heterocycles. The lowest BCUT2D eigenvalue weighted by Gasteiger charge is -2.49. The number of nitrogens with two attached hydrogens (primary N) is 2. The number of ketones is 2. The second-order valence-corrected chi connectivity index (χ2v) is 8.24. The number of Topliss-reactive ketones (excluding diaryl/α,β-unsaturated/α-hetero) is 2. The van der Waals surface area contributed by atoms with Crippen molar-refractivity contribution in [2.75, 3.05) is 18.9 Å². The van der Waals surface area contributed by atoms with E-state index in [0.29, 0.717) is 5.56 Å². The zero-order valence-corrected chi connectivity index (χ0v) is 16.8. The van der Waals surface area contributed by atoms with Crippen molar-refractivity contribution in [1.82, 2.24) is 5.32 Å². The molecule has 1 amide bonds. The van der Waals surface area contributed by atoms with Gasteiger partial charge in [0.2, 0.25) is 5.78 Å². The van der Waals surface area contributed by atoms with Gasteiger partial charge >= 0.3 is 0 Å². The van der Waals surface area contributed by atoms with Gasteiger partial charge in [-0.2, -0.15) is 0 Å². The van der Waals surface area contributed by atoms with E-state index < -0.39 is 58.0 Å². The predicted octanol–water partition coefficient (Wildman–Crippen LogP) is -1.43. The molecule has 0 radical (unpaired) electrons. The zero-order chi connectivity index (χ0) is 23.5. The Hall–Kier alpha value is -3.41. The van der Waals surface area contributed by atoms with Crippen LogP contribution in [0.25, 0.3) is 5.76 Å². The summed E-state index contributed by atoms with van der Waals surface area (Å²) in [6, 6.07) is 1.41. The number of carbonyl (C=O) groups excluding carboxylic acids is 3. The van der Waals surface area contributed by atoms with Crippen LogP contribution in [-0.4, -0.2) is 67.8 Å². The second-order valence-electron chi connectivity index (χ2n) is 8.24. The molecule has 0 heterocycles. The average molecular weight is 445 g/mol. The summed E-state index contributed by atoms with van der Waals surface area (Å²) in [7, 11) is 0. The minimum atomic E-state index is -2.72. The summed E-state index contributed by atoms with van der Waals surface area (Å²) in [4.78, 5) is 38.3. The standard InChI is InChI=1S/C21H23N3O8/c22-10-1-2-11(26)13-8(10)5-7-6-9-15(24-3-4-25)17(28)14(20(23)31)19(30)21(9,32)18(29)12(7)16(13)27/h1-2,7,9,15,24-27,30,32H,3-6,22H2,(H2,23,31)/t7-,9-,15+,21-/m0/s1. The minimum Gasteiger partial charge on any atom is -0.508 e. The third-order valence-corrected chi connectivity index (χ3v) is 6.60. The number of aliphatic hydroxyl groups is 4. The maximum Gasteiger partial charge on any atom is 0.255 e. The van der Waals surface area contributed by atoms with Gasteiger partial charge in [-0.1, -0.05) is 0 Å². The number of hydrogen-bond donors (Lipinski definition) is 8. The number of aromatic hydroxyl groups is 1. The molecule has 4 rings (SSSR count).